The van der Waals surface area contributed by atoms with Crippen LogP contribution in [0.1, 0.15) is 18.9 Å². The molecule has 0 aliphatic heterocycles. The van der Waals surface area contributed by atoms with Crippen LogP contribution in [0.25, 0.3) is 6.08 Å². The molecule has 0 bridgehead atoms. The maximum absolute atomic E-state index is 11.9. The Hall–Kier alpha value is -1.42. The van der Waals surface area contributed by atoms with Crippen LogP contribution in [0.15, 0.2) is 29.8 Å². The fourth-order valence-electron chi connectivity index (χ4n) is 1.49. The molecule has 2 nitrogen and oxygen atoms in total. The van der Waals surface area contributed by atoms with Crippen molar-refractivity contribution < 1.29 is 13.5 Å². The monoisotopic (exact) mass is 241 g/mol. The van der Waals surface area contributed by atoms with Gasteiger partial charge in [0, 0.05) is 6.54 Å². The van der Waals surface area contributed by atoms with Crippen LogP contribution < -0.4 is 10.1 Å². The Morgan fingerprint density at radius 3 is 2.47 bits per heavy atom. The topological polar surface area (TPSA) is 21.3 Å². The van der Waals surface area contributed by atoms with Gasteiger partial charge in [0.25, 0.3) is 0 Å². The SMILES string of the molecule is CCC(=Cc1ccc(OC(F)F)cc1)CNC. The lowest BCUT2D eigenvalue weighted by molar-refractivity contribution is -0.0498. The van der Waals surface area contributed by atoms with Crippen molar-refractivity contribution in [2.24, 2.45) is 0 Å². The highest BCUT2D eigenvalue weighted by molar-refractivity contribution is 5.54. The molecule has 94 valence electrons. The second-order valence-corrected chi connectivity index (χ2v) is 3.63. The summed E-state index contributed by atoms with van der Waals surface area (Å²) in [6.45, 7) is 0.135. The van der Waals surface area contributed by atoms with Crippen molar-refractivity contribution in [1.82, 2.24) is 5.32 Å². The van der Waals surface area contributed by atoms with Crippen LogP contribution >= 0.6 is 0 Å². The van der Waals surface area contributed by atoms with Gasteiger partial charge in [-0.2, -0.15) is 8.78 Å². The first-order valence-electron chi connectivity index (χ1n) is 5.54. The number of halogens is 2. The third-order valence-corrected chi connectivity index (χ3v) is 2.33. The molecule has 1 aromatic carbocycles. The molecule has 1 aromatic rings. The summed E-state index contributed by atoms with van der Waals surface area (Å²) in [7, 11) is 1.89. The molecular weight excluding hydrogens is 224 g/mol. The van der Waals surface area contributed by atoms with Gasteiger partial charge in [-0.1, -0.05) is 30.7 Å². The van der Waals surface area contributed by atoms with Crippen molar-refractivity contribution in [1.29, 1.82) is 0 Å². The van der Waals surface area contributed by atoms with Gasteiger partial charge in [-0.05, 0) is 31.2 Å². The minimum absolute atomic E-state index is 0.184. The minimum atomic E-state index is -2.77. The van der Waals surface area contributed by atoms with Gasteiger partial charge in [-0.3, -0.25) is 0 Å². The summed E-state index contributed by atoms with van der Waals surface area (Å²) in [6, 6.07) is 6.63. The molecule has 0 aromatic heterocycles. The lowest BCUT2D eigenvalue weighted by Crippen LogP contribution is -2.09. The van der Waals surface area contributed by atoms with Gasteiger partial charge in [-0.25, -0.2) is 0 Å². The zero-order valence-electron chi connectivity index (χ0n) is 10.0. The molecule has 1 N–H and O–H groups in total. The fraction of sp³-hybridized carbons (Fsp3) is 0.385. The van der Waals surface area contributed by atoms with Crippen LogP contribution in [0.3, 0.4) is 0 Å². The van der Waals surface area contributed by atoms with Crippen LogP contribution in [0.2, 0.25) is 0 Å². The highest BCUT2D eigenvalue weighted by Crippen LogP contribution is 2.17. The van der Waals surface area contributed by atoms with Crippen LogP contribution in [0.4, 0.5) is 8.78 Å². The Labute approximate surface area is 100 Å². The van der Waals surface area contributed by atoms with E-state index in [-0.39, 0.29) is 5.75 Å². The normalized spacial score (nSPS) is 11.9. The fourth-order valence-corrected chi connectivity index (χ4v) is 1.49. The van der Waals surface area contributed by atoms with E-state index in [1.807, 2.05) is 13.1 Å². The molecular formula is C13H17F2NO. The standard InChI is InChI=1S/C13H17F2NO/c1-3-10(9-16-2)8-11-4-6-12(7-5-11)17-13(14)15/h4-8,13,16H,3,9H2,1-2H3. The number of hydrogen-bond acceptors (Lipinski definition) is 2. The Balaban J connectivity index is 2.72. The smallest absolute Gasteiger partial charge is 0.387 e. The van der Waals surface area contributed by atoms with Crippen LogP contribution in [-0.4, -0.2) is 20.2 Å². The molecule has 0 heterocycles. The summed E-state index contributed by atoms with van der Waals surface area (Å²) in [4.78, 5) is 0. The lowest BCUT2D eigenvalue weighted by Gasteiger charge is -2.06. The number of nitrogens with one attached hydrogen (secondary N) is 1. The zero-order valence-corrected chi connectivity index (χ0v) is 10.0. The van der Waals surface area contributed by atoms with E-state index in [0.29, 0.717) is 0 Å². The van der Waals surface area contributed by atoms with Gasteiger partial charge in [0.15, 0.2) is 0 Å². The molecule has 0 aliphatic rings. The van der Waals surface area contributed by atoms with Crippen LogP contribution in [-0.2, 0) is 0 Å². The zero-order chi connectivity index (χ0) is 12.7. The van der Waals surface area contributed by atoms with Gasteiger partial charge in [0.1, 0.15) is 5.75 Å². The number of ether oxygens (including phenoxy) is 1. The number of rotatable bonds is 6. The number of benzene rings is 1. The van der Waals surface area contributed by atoms with Crippen LogP contribution in [0, 0.1) is 0 Å². The summed E-state index contributed by atoms with van der Waals surface area (Å²) in [6.07, 6.45) is 3.00. The predicted molar refractivity (Wildman–Crippen MR) is 65.3 cm³/mol. The Bertz CT molecular complexity index is 360. The molecule has 0 saturated heterocycles. The lowest BCUT2D eigenvalue weighted by atomic mass is 10.1. The minimum Gasteiger partial charge on any atom is -0.435 e. The van der Waals surface area contributed by atoms with Gasteiger partial charge in [-0.15, -0.1) is 0 Å². The summed E-state index contributed by atoms with van der Waals surface area (Å²) >= 11 is 0. The first-order valence-corrected chi connectivity index (χ1v) is 5.54. The third-order valence-electron chi connectivity index (χ3n) is 2.33. The number of alkyl halides is 2. The van der Waals surface area contributed by atoms with E-state index in [4.69, 9.17) is 0 Å². The van der Waals surface area contributed by atoms with E-state index in [0.717, 1.165) is 18.5 Å². The molecule has 4 heteroatoms. The van der Waals surface area contributed by atoms with Gasteiger partial charge >= 0.3 is 6.61 Å². The van der Waals surface area contributed by atoms with E-state index in [9.17, 15) is 8.78 Å². The van der Waals surface area contributed by atoms with Crippen molar-refractivity contribution in [3.8, 4) is 5.75 Å². The maximum atomic E-state index is 11.9. The molecule has 0 unspecified atom stereocenters. The molecule has 0 fully saturated rings. The summed E-state index contributed by atoms with van der Waals surface area (Å²) in [5.41, 5.74) is 2.24. The van der Waals surface area contributed by atoms with Crippen molar-refractivity contribution >= 4 is 6.08 Å². The summed E-state index contributed by atoms with van der Waals surface area (Å²) < 4.78 is 28.2. The molecule has 1 rings (SSSR count). The van der Waals surface area contributed by atoms with Gasteiger partial charge in [0.2, 0.25) is 0 Å². The molecule has 17 heavy (non-hydrogen) atoms. The molecule has 0 aliphatic carbocycles. The average Bonchev–Trinajstić information content (AvgIpc) is 2.30. The van der Waals surface area contributed by atoms with E-state index in [1.165, 1.54) is 5.57 Å². The highest BCUT2D eigenvalue weighted by Gasteiger charge is 2.03. The van der Waals surface area contributed by atoms with Crippen LogP contribution in [0.5, 0.6) is 5.75 Å². The largest absolute Gasteiger partial charge is 0.435 e. The van der Waals surface area contributed by atoms with E-state index >= 15 is 0 Å². The Kier molecular flexibility index (Phi) is 5.63. The van der Waals surface area contributed by atoms with Crippen molar-refractivity contribution in [2.45, 2.75) is 20.0 Å². The highest BCUT2D eigenvalue weighted by atomic mass is 19.3. The number of hydrogen-bond donors (Lipinski definition) is 1. The summed E-state index contributed by atoms with van der Waals surface area (Å²) in [5.74, 6) is 0.184. The third kappa shape index (κ3) is 4.95. The predicted octanol–water partition coefficient (Wildman–Crippen LogP) is 3.30. The number of likely N-dealkylation sites (N-methyl/N-ethyl adjacent to an activating group) is 1. The van der Waals surface area contributed by atoms with E-state index < -0.39 is 6.61 Å². The first-order chi connectivity index (χ1) is 8.15. The van der Waals surface area contributed by atoms with Crippen molar-refractivity contribution in [3.63, 3.8) is 0 Å². The maximum Gasteiger partial charge on any atom is 0.387 e. The van der Waals surface area contributed by atoms with E-state index in [1.54, 1.807) is 24.3 Å². The van der Waals surface area contributed by atoms with Gasteiger partial charge < -0.3 is 10.1 Å². The second-order valence-electron chi connectivity index (χ2n) is 3.63. The quantitative estimate of drug-likeness (QED) is 0.825. The molecule has 0 amide bonds. The van der Waals surface area contributed by atoms with Gasteiger partial charge in [0.05, 0.1) is 0 Å². The first kappa shape index (κ1) is 13.6. The molecule has 0 saturated carbocycles. The van der Waals surface area contributed by atoms with Crippen molar-refractivity contribution in [3.05, 3.63) is 35.4 Å². The second kappa shape index (κ2) is 7.01. The summed E-state index contributed by atoms with van der Waals surface area (Å²) in [5, 5.41) is 3.08. The Morgan fingerprint density at radius 2 is 2.00 bits per heavy atom. The average molecular weight is 241 g/mol. The van der Waals surface area contributed by atoms with E-state index in [2.05, 4.69) is 17.0 Å². The molecule has 0 atom stereocenters. The molecule has 0 spiro atoms. The molecule has 0 radical (unpaired) electrons. The van der Waals surface area contributed by atoms with Crippen molar-refractivity contribution in [2.75, 3.05) is 13.6 Å². The Morgan fingerprint density at radius 1 is 1.35 bits per heavy atom.